The van der Waals surface area contributed by atoms with Gasteiger partial charge in [-0.15, -0.1) is 0 Å². The lowest BCUT2D eigenvalue weighted by atomic mass is 10.1. The second-order valence-corrected chi connectivity index (χ2v) is 6.06. The van der Waals surface area contributed by atoms with Crippen LogP contribution >= 0.6 is 0 Å². The van der Waals surface area contributed by atoms with E-state index in [1.807, 2.05) is 41.0 Å². The second-order valence-electron chi connectivity index (χ2n) is 6.06. The number of para-hydroxylation sites is 1. The lowest BCUT2D eigenvalue weighted by Crippen LogP contribution is -2.11. The molecule has 2 N–H and O–H groups in total. The summed E-state index contributed by atoms with van der Waals surface area (Å²) in [7, 11) is 0. The molecule has 0 atom stereocenters. The monoisotopic (exact) mass is 345 g/mol. The lowest BCUT2D eigenvalue weighted by molar-refractivity contribution is 0.100. The van der Waals surface area contributed by atoms with Gasteiger partial charge in [0.1, 0.15) is 17.2 Å². The summed E-state index contributed by atoms with van der Waals surface area (Å²) < 4.78 is 15.7. The van der Waals surface area contributed by atoms with Crippen molar-refractivity contribution in [3.05, 3.63) is 89.7 Å². The summed E-state index contributed by atoms with van der Waals surface area (Å²) in [5.41, 5.74) is 8.89. The zero-order chi connectivity index (χ0) is 18.1. The van der Waals surface area contributed by atoms with E-state index >= 15 is 0 Å². The zero-order valence-corrected chi connectivity index (χ0v) is 13.9. The molecule has 26 heavy (non-hydrogen) atoms. The Balaban J connectivity index is 1.98. The van der Waals surface area contributed by atoms with Gasteiger partial charge in [0.05, 0.1) is 11.1 Å². The van der Waals surface area contributed by atoms with Gasteiger partial charge in [0.2, 0.25) is 0 Å². The number of benzene rings is 3. The first-order valence-corrected chi connectivity index (χ1v) is 8.22. The third-order valence-electron chi connectivity index (χ3n) is 4.31. The van der Waals surface area contributed by atoms with Gasteiger partial charge in [-0.1, -0.05) is 48.5 Å². The van der Waals surface area contributed by atoms with Crippen LogP contribution in [0.15, 0.2) is 72.8 Å². The number of amides is 1. The van der Waals surface area contributed by atoms with E-state index in [1.54, 1.807) is 24.3 Å². The molecule has 0 aliphatic carbocycles. The van der Waals surface area contributed by atoms with Gasteiger partial charge in [0.15, 0.2) is 0 Å². The number of rotatable bonds is 4. The van der Waals surface area contributed by atoms with Gasteiger partial charge < -0.3 is 10.3 Å². The molecule has 0 bridgehead atoms. The molecule has 0 aliphatic rings. The Labute approximate surface area is 149 Å². The molecule has 0 unspecified atom stereocenters. The molecule has 0 aliphatic heterocycles. The Morgan fingerprint density at radius 2 is 1.77 bits per heavy atom. The topological polar surface area (TPSA) is 60.9 Å². The predicted octanol–water partition coefficient (Wildman–Crippen LogP) is 3.99. The summed E-state index contributed by atoms with van der Waals surface area (Å²) in [4.78, 5) is 16.4. The van der Waals surface area contributed by atoms with Crippen LogP contribution in [0.1, 0.15) is 15.9 Å². The molecule has 1 amide bonds. The van der Waals surface area contributed by atoms with Crippen LogP contribution in [0.25, 0.3) is 22.4 Å². The Morgan fingerprint density at radius 3 is 2.50 bits per heavy atom. The fourth-order valence-electron chi connectivity index (χ4n) is 3.12. The minimum atomic E-state index is -0.536. The fourth-order valence-corrected chi connectivity index (χ4v) is 3.12. The lowest BCUT2D eigenvalue weighted by Gasteiger charge is -2.10. The molecule has 0 saturated carbocycles. The van der Waals surface area contributed by atoms with Gasteiger partial charge in [-0.25, -0.2) is 9.37 Å². The minimum Gasteiger partial charge on any atom is -0.366 e. The number of fused-ring (bicyclic) bond motifs is 1. The highest BCUT2D eigenvalue weighted by Crippen LogP contribution is 2.28. The van der Waals surface area contributed by atoms with Crippen molar-refractivity contribution in [1.82, 2.24) is 9.55 Å². The van der Waals surface area contributed by atoms with Crippen LogP contribution in [0.4, 0.5) is 4.39 Å². The Bertz CT molecular complexity index is 1100. The van der Waals surface area contributed by atoms with Gasteiger partial charge in [0, 0.05) is 12.1 Å². The maximum Gasteiger partial charge on any atom is 0.250 e. The van der Waals surface area contributed by atoms with Crippen LogP contribution in [0, 0.1) is 5.82 Å². The molecule has 0 radical (unpaired) electrons. The summed E-state index contributed by atoms with van der Waals surface area (Å²) >= 11 is 0. The molecule has 0 spiro atoms. The van der Waals surface area contributed by atoms with Crippen molar-refractivity contribution in [2.75, 3.05) is 0 Å². The summed E-state index contributed by atoms with van der Waals surface area (Å²) in [5, 5.41) is 0. The van der Waals surface area contributed by atoms with Gasteiger partial charge in [-0.2, -0.15) is 0 Å². The van der Waals surface area contributed by atoms with Crippen LogP contribution in [0.2, 0.25) is 0 Å². The third-order valence-corrected chi connectivity index (χ3v) is 4.31. The summed E-state index contributed by atoms with van der Waals surface area (Å²) in [6.45, 7) is 0.547. The van der Waals surface area contributed by atoms with E-state index in [1.165, 1.54) is 12.1 Å². The van der Waals surface area contributed by atoms with E-state index in [-0.39, 0.29) is 5.82 Å². The maximum atomic E-state index is 13.8. The average molecular weight is 345 g/mol. The number of carbonyl (C=O) groups excluding carboxylic acids is 1. The first-order chi connectivity index (χ1) is 12.6. The van der Waals surface area contributed by atoms with Crippen LogP contribution in [-0.2, 0) is 6.54 Å². The SMILES string of the molecule is NC(=O)c1cccc2c1nc(-c1cccc(F)c1)n2Cc1ccccc1. The van der Waals surface area contributed by atoms with Gasteiger partial charge in [-0.3, -0.25) is 4.79 Å². The fraction of sp³-hybridized carbons (Fsp3) is 0.0476. The minimum absolute atomic E-state index is 0.337. The largest absolute Gasteiger partial charge is 0.366 e. The molecule has 5 heteroatoms. The third kappa shape index (κ3) is 2.84. The molecule has 4 nitrogen and oxygen atoms in total. The van der Waals surface area contributed by atoms with E-state index in [0.717, 1.165) is 11.1 Å². The van der Waals surface area contributed by atoms with Crippen molar-refractivity contribution >= 4 is 16.9 Å². The number of nitrogens with two attached hydrogens (primary N) is 1. The molecule has 1 heterocycles. The molecular weight excluding hydrogens is 329 g/mol. The first kappa shape index (κ1) is 16.0. The van der Waals surface area contributed by atoms with Crippen molar-refractivity contribution in [3.63, 3.8) is 0 Å². The highest BCUT2D eigenvalue weighted by Gasteiger charge is 2.17. The van der Waals surface area contributed by atoms with Crippen molar-refractivity contribution in [3.8, 4) is 11.4 Å². The number of carbonyl (C=O) groups is 1. The number of halogens is 1. The van der Waals surface area contributed by atoms with Crippen molar-refractivity contribution in [1.29, 1.82) is 0 Å². The van der Waals surface area contributed by atoms with E-state index in [0.29, 0.717) is 29.0 Å². The number of aromatic nitrogens is 2. The zero-order valence-electron chi connectivity index (χ0n) is 13.9. The number of primary amides is 1. The Kier molecular flexibility index (Phi) is 3.97. The number of hydrogen-bond acceptors (Lipinski definition) is 2. The molecule has 4 rings (SSSR count). The van der Waals surface area contributed by atoms with E-state index in [2.05, 4.69) is 4.98 Å². The summed E-state index contributed by atoms with van der Waals surface area (Å²) in [6.07, 6.45) is 0. The summed E-state index contributed by atoms with van der Waals surface area (Å²) in [6, 6.07) is 21.5. The van der Waals surface area contributed by atoms with Crippen LogP contribution in [0.5, 0.6) is 0 Å². The standard InChI is InChI=1S/C21H16FN3O/c22-16-9-4-8-15(12-16)21-24-19-17(20(23)26)10-5-11-18(19)25(21)13-14-6-2-1-3-7-14/h1-12H,13H2,(H2,23,26). The molecule has 1 aromatic heterocycles. The number of hydrogen-bond donors (Lipinski definition) is 1. The quantitative estimate of drug-likeness (QED) is 0.608. The molecule has 0 fully saturated rings. The van der Waals surface area contributed by atoms with Crippen molar-refractivity contribution in [2.45, 2.75) is 6.54 Å². The van der Waals surface area contributed by atoms with Crippen LogP contribution in [0.3, 0.4) is 0 Å². The number of nitrogens with zero attached hydrogens (tertiary/aromatic N) is 2. The van der Waals surface area contributed by atoms with Crippen LogP contribution < -0.4 is 5.73 Å². The van der Waals surface area contributed by atoms with Gasteiger partial charge in [-0.05, 0) is 29.8 Å². The Morgan fingerprint density at radius 1 is 1.00 bits per heavy atom. The highest BCUT2D eigenvalue weighted by atomic mass is 19.1. The maximum absolute atomic E-state index is 13.8. The first-order valence-electron chi connectivity index (χ1n) is 8.22. The van der Waals surface area contributed by atoms with Crippen molar-refractivity contribution in [2.24, 2.45) is 5.73 Å². The van der Waals surface area contributed by atoms with Gasteiger partial charge in [0.25, 0.3) is 5.91 Å². The van der Waals surface area contributed by atoms with E-state index in [9.17, 15) is 9.18 Å². The molecule has 3 aromatic carbocycles. The van der Waals surface area contributed by atoms with E-state index in [4.69, 9.17) is 5.73 Å². The van der Waals surface area contributed by atoms with Crippen LogP contribution in [-0.4, -0.2) is 15.5 Å². The van der Waals surface area contributed by atoms with E-state index < -0.39 is 5.91 Å². The normalized spacial score (nSPS) is 11.0. The molecular formula is C21H16FN3O. The highest BCUT2D eigenvalue weighted by molar-refractivity contribution is 6.04. The van der Waals surface area contributed by atoms with Gasteiger partial charge >= 0.3 is 0 Å². The average Bonchev–Trinajstić information content (AvgIpc) is 3.01. The molecule has 4 aromatic rings. The Hall–Kier alpha value is -3.47. The summed E-state index contributed by atoms with van der Waals surface area (Å²) in [5.74, 6) is -0.279. The predicted molar refractivity (Wildman–Crippen MR) is 99.2 cm³/mol. The molecule has 128 valence electrons. The number of imidazole rings is 1. The molecule has 0 saturated heterocycles. The van der Waals surface area contributed by atoms with Crippen molar-refractivity contribution < 1.29 is 9.18 Å². The smallest absolute Gasteiger partial charge is 0.250 e. The second kappa shape index (κ2) is 6.44.